The summed E-state index contributed by atoms with van der Waals surface area (Å²) in [5.41, 5.74) is 2.19. The number of nitrogens with zero attached hydrogens (tertiary/aromatic N) is 2. The number of pyridine rings is 1. The predicted octanol–water partition coefficient (Wildman–Crippen LogP) is 3.71. The molecular weight excluding hydrogens is 417 g/mol. The zero-order valence-corrected chi connectivity index (χ0v) is 15.4. The quantitative estimate of drug-likeness (QED) is 0.719. The molecule has 2 aromatic rings. The number of carbonyl (C=O) groups is 1. The minimum atomic E-state index is -0.925. The number of rotatable bonds is 3. The van der Waals surface area contributed by atoms with Crippen molar-refractivity contribution in [2.45, 2.75) is 25.3 Å². The van der Waals surface area contributed by atoms with E-state index >= 15 is 0 Å². The molecule has 1 saturated carbocycles. The van der Waals surface area contributed by atoms with Crippen molar-refractivity contribution >= 4 is 45.3 Å². The van der Waals surface area contributed by atoms with Crippen LogP contribution < -0.4 is 10.2 Å². The molecule has 0 spiro atoms. The summed E-state index contributed by atoms with van der Waals surface area (Å²) < 4.78 is 1.14. The van der Waals surface area contributed by atoms with Crippen LogP contribution in [-0.2, 0) is 0 Å². The van der Waals surface area contributed by atoms with Gasteiger partial charge < -0.3 is 15.3 Å². The van der Waals surface area contributed by atoms with Crippen LogP contribution in [0.5, 0.6) is 0 Å². The van der Waals surface area contributed by atoms with Crippen LogP contribution >= 0.6 is 22.6 Å². The predicted molar refractivity (Wildman–Crippen MR) is 102 cm³/mol. The van der Waals surface area contributed by atoms with Crippen molar-refractivity contribution in [3.63, 3.8) is 0 Å². The van der Waals surface area contributed by atoms with E-state index in [1.165, 1.54) is 18.5 Å². The van der Waals surface area contributed by atoms with Gasteiger partial charge in [0.2, 0.25) is 0 Å². The zero-order valence-electron chi connectivity index (χ0n) is 13.3. The summed E-state index contributed by atoms with van der Waals surface area (Å²) >= 11 is 2.32. The molecule has 4 rings (SSSR count). The molecule has 1 aliphatic carbocycles. The minimum Gasteiger partial charge on any atom is -0.465 e. The number of nitrogens with one attached hydrogen (secondary N) is 1. The normalized spacial score (nSPS) is 24.1. The van der Waals surface area contributed by atoms with Gasteiger partial charge in [-0.3, -0.25) is 4.98 Å². The number of benzene rings is 1. The molecule has 0 bridgehead atoms. The summed E-state index contributed by atoms with van der Waals surface area (Å²) in [7, 11) is 0. The van der Waals surface area contributed by atoms with Crippen molar-refractivity contribution in [1.29, 1.82) is 0 Å². The number of amides is 1. The van der Waals surface area contributed by atoms with Crippen LogP contribution in [0.15, 0.2) is 30.5 Å². The molecule has 6 heteroatoms. The van der Waals surface area contributed by atoms with E-state index in [-0.39, 0.29) is 6.04 Å². The molecule has 2 aliphatic rings. The molecule has 0 radical (unpaired) electrons. The molecule has 1 saturated heterocycles. The summed E-state index contributed by atoms with van der Waals surface area (Å²) in [5.74, 6) is 1.33. The molecule has 5 nitrogen and oxygen atoms in total. The van der Waals surface area contributed by atoms with Gasteiger partial charge in [0, 0.05) is 33.9 Å². The summed E-state index contributed by atoms with van der Waals surface area (Å²) in [5, 5.41) is 13.0. The van der Waals surface area contributed by atoms with Gasteiger partial charge in [0.15, 0.2) is 0 Å². The van der Waals surface area contributed by atoms with E-state index in [2.05, 4.69) is 56.0 Å². The Balaban J connectivity index is 1.69. The number of carboxylic acid groups (broad SMARTS) is 1. The third-order valence-corrected chi connectivity index (χ3v) is 6.01. The van der Waals surface area contributed by atoms with Crippen molar-refractivity contribution in [3.8, 4) is 0 Å². The Bertz CT molecular complexity index is 778. The van der Waals surface area contributed by atoms with Crippen molar-refractivity contribution < 1.29 is 9.90 Å². The second-order valence-electron chi connectivity index (χ2n) is 6.85. The van der Waals surface area contributed by atoms with Crippen molar-refractivity contribution in [2.75, 3.05) is 18.0 Å². The number of hydrogen-bond donors (Lipinski definition) is 2. The fourth-order valence-electron chi connectivity index (χ4n) is 3.92. The lowest BCUT2D eigenvalue weighted by Gasteiger charge is -2.39. The van der Waals surface area contributed by atoms with Gasteiger partial charge in [-0.15, -0.1) is 0 Å². The Hall–Kier alpha value is -1.57. The molecule has 2 atom stereocenters. The van der Waals surface area contributed by atoms with Crippen LogP contribution in [0.3, 0.4) is 0 Å². The van der Waals surface area contributed by atoms with Crippen LogP contribution in [0, 0.1) is 15.4 Å². The average molecular weight is 437 g/mol. The first-order valence-corrected chi connectivity index (χ1v) is 9.47. The maximum absolute atomic E-state index is 11.1. The highest BCUT2D eigenvalue weighted by molar-refractivity contribution is 14.1. The lowest BCUT2D eigenvalue weighted by molar-refractivity contribution is 0.184. The van der Waals surface area contributed by atoms with E-state index < -0.39 is 6.09 Å². The van der Waals surface area contributed by atoms with Gasteiger partial charge in [-0.2, -0.15) is 0 Å². The Morgan fingerprint density at radius 2 is 2.08 bits per heavy atom. The molecule has 0 unspecified atom stereocenters. The summed E-state index contributed by atoms with van der Waals surface area (Å²) in [6, 6.07) is 8.33. The van der Waals surface area contributed by atoms with E-state index in [1.54, 1.807) is 0 Å². The molecule has 1 aromatic carbocycles. The van der Waals surface area contributed by atoms with Crippen LogP contribution in [0.1, 0.15) is 19.3 Å². The molecule has 24 heavy (non-hydrogen) atoms. The first-order chi connectivity index (χ1) is 11.6. The molecule has 2 heterocycles. The van der Waals surface area contributed by atoms with Crippen LogP contribution in [-0.4, -0.2) is 35.3 Å². The second kappa shape index (κ2) is 6.38. The maximum atomic E-state index is 11.1. The molecule has 1 aromatic heterocycles. The highest BCUT2D eigenvalue weighted by Crippen LogP contribution is 2.42. The second-order valence-corrected chi connectivity index (χ2v) is 8.01. The van der Waals surface area contributed by atoms with Gasteiger partial charge in [-0.1, -0.05) is 0 Å². The summed E-state index contributed by atoms with van der Waals surface area (Å²) in [6.45, 7) is 1.73. The highest BCUT2D eigenvalue weighted by Gasteiger charge is 2.38. The summed E-state index contributed by atoms with van der Waals surface area (Å²) in [6.07, 6.45) is 4.42. The molecule has 1 aliphatic heterocycles. The summed E-state index contributed by atoms with van der Waals surface area (Å²) in [4.78, 5) is 18.0. The van der Waals surface area contributed by atoms with Crippen LogP contribution in [0.2, 0.25) is 0 Å². The van der Waals surface area contributed by atoms with Crippen molar-refractivity contribution in [2.24, 2.45) is 11.8 Å². The molecular formula is C18H20IN3O2. The van der Waals surface area contributed by atoms with Gasteiger partial charge in [0.1, 0.15) is 0 Å². The first-order valence-electron chi connectivity index (χ1n) is 8.39. The van der Waals surface area contributed by atoms with E-state index in [1.807, 2.05) is 12.3 Å². The van der Waals surface area contributed by atoms with Crippen LogP contribution in [0.25, 0.3) is 10.9 Å². The molecule has 2 fully saturated rings. The van der Waals surface area contributed by atoms with Crippen LogP contribution in [0.4, 0.5) is 10.5 Å². The van der Waals surface area contributed by atoms with E-state index in [4.69, 9.17) is 5.11 Å². The topological polar surface area (TPSA) is 65.5 Å². The number of piperidine rings is 1. The maximum Gasteiger partial charge on any atom is 0.404 e. The Kier molecular flexibility index (Phi) is 4.24. The molecule has 126 valence electrons. The Labute approximate surface area is 154 Å². The number of aromatic nitrogens is 1. The fraction of sp³-hybridized carbons (Fsp3) is 0.444. The first kappa shape index (κ1) is 15.9. The standard InChI is InChI=1S/C18H20IN3O2/c19-15-5-6-16(14-2-1-7-20-17(14)15)22-9-12(11-3-4-11)8-13(10-22)21-18(23)24/h1-2,5-7,11-13,21H,3-4,8-10H2,(H,23,24)/t12-,13+/m1/s1. The Morgan fingerprint density at radius 1 is 1.25 bits per heavy atom. The van der Waals surface area contributed by atoms with Crippen molar-refractivity contribution in [3.05, 3.63) is 34.0 Å². The molecule has 2 N–H and O–H groups in total. The SMILES string of the molecule is O=C(O)N[C@H]1C[C@@H](C2CC2)CN(c2ccc(I)c3ncccc23)C1. The highest BCUT2D eigenvalue weighted by atomic mass is 127. The van der Waals surface area contributed by atoms with E-state index in [9.17, 15) is 4.79 Å². The van der Waals surface area contributed by atoms with Gasteiger partial charge in [0.25, 0.3) is 0 Å². The monoisotopic (exact) mass is 437 g/mol. The van der Waals surface area contributed by atoms with E-state index in [0.29, 0.717) is 5.92 Å². The average Bonchev–Trinajstić information content (AvgIpc) is 3.39. The number of halogens is 1. The third kappa shape index (κ3) is 3.16. The van der Waals surface area contributed by atoms with Gasteiger partial charge >= 0.3 is 6.09 Å². The zero-order chi connectivity index (χ0) is 16.7. The number of fused-ring (bicyclic) bond motifs is 1. The number of anilines is 1. The third-order valence-electron chi connectivity index (χ3n) is 5.14. The lowest BCUT2D eigenvalue weighted by Crippen LogP contribution is -2.51. The Morgan fingerprint density at radius 3 is 2.83 bits per heavy atom. The van der Waals surface area contributed by atoms with Crippen molar-refractivity contribution in [1.82, 2.24) is 10.3 Å². The van der Waals surface area contributed by atoms with Gasteiger partial charge in [0.05, 0.1) is 11.6 Å². The molecule has 1 amide bonds. The largest absolute Gasteiger partial charge is 0.465 e. The number of hydrogen-bond acceptors (Lipinski definition) is 3. The van der Waals surface area contributed by atoms with Gasteiger partial charge in [-0.05, 0) is 78.0 Å². The minimum absolute atomic E-state index is 0.00662. The van der Waals surface area contributed by atoms with Gasteiger partial charge in [-0.25, -0.2) is 4.79 Å². The lowest BCUT2D eigenvalue weighted by atomic mass is 9.89. The smallest absolute Gasteiger partial charge is 0.404 e. The van der Waals surface area contributed by atoms with E-state index in [0.717, 1.165) is 39.9 Å². The fourth-order valence-corrected chi connectivity index (χ4v) is 4.53.